The van der Waals surface area contributed by atoms with Crippen LogP contribution in [0, 0.1) is 0 Å². The zero-order valence-electron chi connectivity index (χ0n) is 11.1. The third kappa shape index (κ3) is 3.69. The van der Waals surface area contributed by atoms with E-state index in [-0.39, 0.29) is 22.2 Å². The van der Waals surface area contributed by atoms with Gasteiger partial charge in [-0.15, -0.1) is 0 Å². The van der Waals surface area contributed by atoms with Gasteiger partial charge in [-0.1, -0.05) is 47.5 Å². The highest BCUT2D eigenvalue weighted by Gasteiger charge is 2.25. The molecular weight excluding hydrogens is 348 g/mol. The molecule has 0 spiro atoms. The molecule has 2 aromatic carbocycles. The molecule has 0 radical (unpaired) electrons. The molecule has 0 aromatic heterocycles. The molecule has 8 heteroatoms. The van der Waals surface area contributed by atoms with Gasteiger partial charge in [-0.25, -0.2) is 0 Å². The van der Waals surface area contributed by atoms with Crippen LogP contribution in [0.1, 0.15) is 5.56 Å². The summed E-state index contributed by atoms with van der Waals surface area (Å²) in [5, 5.41) is 9.46. The standard InChI is InChI=1S/C14H12Cl2NO4P/c15-10-5-3-6-11(16)14(10)17(22(20)21)12-7-2-1-4-9(12)8-13(18)19/h1-7,20-21H,8H2,(H,18,19). The second-order valence-corrected chi connectivity index (χ2v) is 6.10. The maximum Gasteiger partial charge on any atom is 0.307 e. The molecule has 0 bridgehead atoms. The Morgan fingerprint density at radius 3 is 2.18 bits per heavy atom. The molecule has 0 unspecified atom stereocenters. The Bertz CT molecular complexity index is 676. The fraction of sp³-hybridized carbons (Fsp3) is 0.0714. The van der Waals surface area contributed by atoms with E-state index in [1.807, 2.05) is 0 Å². The maximum absolute atomic E-state index is 11.0. The average Bonchev–Trinajstić information content (AvgIpc) is 2.43. The lowest BCUT2D eigenvalue weighted by atomic mass is 10.1. The Morgan fingerprint density at radius 2 is 1.64 bits per heavy atom. The zero-order valence-corrected chi connectivity index (χ0v) is 13.6. The molecule has 2 rings (SSSR count). The van der Waals surface area contributed by atoms with Gasteiger partial charge in [0, 0.05) is 0 Å². The van der Waals surface area contributed by atoms with Crippen molar-refractivity contribution in [3.63, 3.8) is 0 Å². The Morgan fingerprint density at radius 1 is 1.05 bits per heavy atom. The fourth-order valence-electron chi connectivity index (χ4n) is 2.03. The van der Waals surface area contributed by atoms with Crippen molar-refractivity contribution in [2.45, 2.75) is 6.42 Å². The van der Waals surface area contributed by atoms with Crippen LogP contribution in [0.2, 0.25) is 10.0 Å². The highest BCUT2D eigenvalue weighted by molar-refractivity contribution is 7.47. The minimum atomic E-state index is -2.62. The molecule has 22 heavy (non-hydrogen) atoms. The quantitative estimate of drug-likeness (QED) is 0.703. The average molecular weight is 360 g/mol. The van der Waals surface area contributed by atoms with Gasteiger partial charge >= 0.3 is 5.97 Å². The number of benzene rings is 2. The van der Waals surface area contributed by atoms with Gasteiger partial charge in [-0.2, -0.15) is 0 Å². The molecule has 5 nitrogen and oxygen atoms in total. The monoisotopic (exact) mass is 359 g/mol. The molecule has 2 aromatic rings. The fourth-order valence-corrected chi connectivity index (χ4v) is 3.49. The molecule has 3 N–H and O–H groups in total. The second-order valence-electron chi connectivity index (χ2n) is 4.35. The molecule has 0 amide bonds. The summed E-state index contributed by atoms with van der Waals surface area (Å²) in [5.41, 5.74) is 0.970. The Hall–Kier alpha value is -1.36. The van der Waals surface area contributed by atoms with Crippen LogP contribution >= 0.6 is 31.7 Å². The molecular formula is C14H12Cl2NO4P. The number of halogens is 2. The Balaban J connectivity index is 2.61. The lowest BCUT2D eigenvalue weighted by Crippen LogP contribution is -2.14. The van der Waals surface area contributed by atoms with Crippen LogP contribution in [0.4, 0.5) is 11.4 Å². The summed E-state index contributed by atoms with van der Waals surface area (Å²) in [6.45, 7) is 0. The zero-order chi connectivity index (χ0) is 16.3. The van der Waals surface area contributed by atoms with Crippen molar-refractivity contribution in [2.75, 3.05) is 4.67 Å². The minimum Gasteiger partial charge on any atom is -0.481 e. The van der Waals surface area contributed by atoms with Crippen LogP contribution in [-0.2, 0) is 11.2 Å². The summed E-state index contributed by atoms with van der Waals surface area (Å²) in [7, 11) is -2.62. The van der Waals surface area contributed by atoms with Crippen LogP contribution < -0.4 is 4.67 Å². The maximum atomic E-state index is 11.0. The number of carboxylic acid groups (broad SMARTS) is 1. The van der Waals surface area contributed by atoms with E-state index in [9.17, 15) is 14.6 Å². The van der Waals surface area contributed by atoms with E-state index < -0.39 is 14.5 Å². The number of carboxylic acids is 1. The topological polar surface area (TPSA) is 81.0 Å². The Labute approximate surface area is 138 Å². The first-order valence-corrected chi connectivity index (χ1v) is 8.09. The molecule has 0 aliphatic heterocycles. The highest BCUT2D eigenvalue weighted by Crippen LogP contribution is 2.49. The summed E-state index contributed by atoms with van der Waals surface area (Å²) >= 11 is 12.2. The highest BCUT2D eigenvalue weighted by atomic mass is 35.5. The van der Waals surface area contributed by atoms with Gasteiger partial charge < -0.3 is 14.9 Å². The van der Waals surface area contributed by atoms with E-state index in [1.165, 1.54) is 0 Å². The summed E-state index contributed by atoms with van der Waals surface area (Å²) in [5.74, 6) is -1.03. The number of hydrogen-bond acceptors (Lipinski definition) is 4. The van der Waals surface area contributed by atoms with Crippen molar-refractivity contribution in [2.24, 2.45) is 0 Å². The number of rotatable bonds is 5. The molecule has 0 atom stereocenters. The van der Waals surface area contributed by atoms with E-state index in [2.05, 4.69) is 0 Å². The van der Waals surface area contributed by atoms with Crippen molar-refractivity contribution in [3.8, 4) is 0 Å². The molecule has 0 aliphatic rings. The smallest absolute Gasteiger partial charge is 0.307 e. The SMILES string of the molecule is O=C(O)Cc1ccccc1N(c1c(Cl)cccc1Cl)P(O)O. The van der Waals surface area contributed by atoms with E-state index in [4.69, 9.17) is 28.3 Å². The number of hydrogen-bond donors (Lipinski definition) is 3. The van der Waals surface area contributed by atoms with Crippen molar-refractivity contribution in [1.29, 1.82) is 0 Å². The molecule has 0 saturated carbocycles. The van der Waals surface area contributed by atoms with Crippen LogP contribution in [0.3, 0.4) is 0 Å². The summed E-state index contributed by atoms with van der Waals surface area (Å²) < 4.78 is 1.15. The third-order valence-electron chi connectivity index (χ3n) is 2.89. The molecule has 0 aliphatic carbocycles. The van der Waals surface area contributed by atoms with Gasteiger partial charge in [0.15, 0.2) is 0 Å². The van der Waals surface area contributed by atoms with Gasteiger partial charge in [-0.3, -0.25) is 9.46 Å². The van der Waals surface area contributed by atoms with Crippen LogP contribution in [-0.4, -0.2) is 20.9 Å². The normalized spacial score (nSPS) is 10.8. The molecule has 116 valence electrons. The van der Waals surface area contributed by atoms with E-state index >= 15 is 0 Å². The van der Waals surface area contributed by atoms with Crippen molar-refractivity contribution in [1.82, 2.24) is 0 Å². The van der Waals surface area contributed by atoms with Gasteiger partial charge in [0.2, 0.25) is 0 Å². The van der Waals surface area contributed by atoms with Crippen LogP contribution in [0.15, 0.2) is 42.5 Å². The number of nitrogens with zero attached hydrogens (tertiary/aromatic N) is 1. The van der Waals surface area contributed by atoms with Crippen LogP contribution in [0.5, 0.6) is 0 Å². The van der Waals surface area contributed by atoms with Gasteiger partial charge in [0.25, 0.3) is 8.53 Å². The first-order chi connectivity index (χ1) is 10.4. The first-order valence-electron chi connectivity index (χ1n) is 6.13. The van der Waals surface area contributed by atoms with Gasteiger partial charge in [-0.05, 0) is 23.8 Å². The van der Waals surface area contributed by atoms with E-state index in [0.717, 1.165) is 4.67 Å². The lowest BCUT2D eigenvalue weighted by Gasteiger charge is -2.28. The van der Waals surface area contributed by atoms with Gasteiger partial charge in [0.1, 0.15) is 0 Å². The van der Waals surface area contributed by atoms with E-state index in [1.54, 1.807) is 42.5 Å². The van der Waals surface area contributed by atoms with Crippen LogP contribution in [0.25, 0.3) is 0 Å². The number of para-hydroxylation sites is 2. The molecule has 0 saturated heterocycles. The van der Waals surface area contributed by atoms with E-state index in [0.29, 0.717) is 11.3 Å². The predicted molar refractivity (Wildman–Crippen MR) is 87.7 cm³/mol. The minimum absolute atomic E-state index is 0.222. The Kier molecular flexibility index (Phi) is 5.62. The number of anilines is 2. The molecule has 0 heterocycles. The van der Waals surface area contributed by atoms with Crippen molar-refractivity contribution in [3.05, 3.63) is 58.1 Å². The number of aliphatic carboxylic acids is 1. The molecule has 0 fully saturated rings. The van der Waals surface area contributed by atoms with Crippen molar-refractivity contribution >= 4 is 49.1 Å². The van der Waals surface area contributed by atoms with Crippen molar-refractivity contribution < 1.29 is 19.7 Å². The number of carbonyl (C=O) groups is 1. The summed E-state index contributed by atoms with van der Waals surface area (Å²) in [6, 6.07) is 11.3. The summed E-state index contributed by atoms with van der Waals surface area (Å²) in [4.78, 5) is 30.6. The summed E-state index contributed by atoms with van der Waals surface area (Å²) in [6.07, 6.45) is -0.266. The first kappa shape index (κ1) is 17.0. The largest absolute Gasteiger partial charge is 0.481 e. The second kappa shape index (κ2) is 7.27. The third-order valence-corrected chi connectivity index (χ3v) is 4.27. The van der Waals surface area contributed by atoms with Gasteiger partial charge in [0.05, 0.1) is 27.8 Å². The predicted octanol–water partition coefficient (Wildman–Crippen LogP) is 3.97. The lowest BCUT2D eigenvalue weighted by molar-refractivity contribution is -0.136.